The number of allylic oxidation sites excluding steroid dienone is 1. The van der Waals surface area contributed by atoms with Gasteiger partial charge >= 0.3 is 6.09 Å². The molecule has 2 aromatic rings. The van der Waals surface area contributed by atoms with Gasteiger partial charge in [0.1, 0.15) is 29.5 Å². The van der Waals surface area contributed by atoms with Gasteiger partial charge in [-0.3, -0.25) is 19.1 Å². The molecule has 2 aliphatic carbocycles. The van der Waals surface area contributed by atoms with E-state index < -0.39 is 74.1 Å². The molecule has 4 aliphatic rings. The molecule has 1 saturated heterocycles. The van der Waals surface area contributed by atoms with Gasteiger partial charge in [0, 0.05) is 29.5 Å². The average molecular weight is 738 g/mol. The number of cyclic esters (lactones) is 1. The van der Waals surface area contributed by atoms with Crippen molar-refractivity contribution in [2.75, 3.05) is 20.3 Å². The number of rotatable bonds is 7. The number of hydrogen-bond donors (Lipinski definition) is 3. The minimum absolute atomic E-state index is 0.0220. The van der Waals surface area contributed by atoms with Gasteiger partial charge in [0.05, 0.1) is 25.5 Å². The van der Waals surface area contributed by atoms with Crippen LogP contribution in [0, 0.1) is 17.3 Å². The Hall–Kier alpha value is -4.66. The molecule has 3 fully saturated rings. The molecule has 0 spiro atoms. The molecule has 14 nitrogen and oxygen atoms in total. The molecule has 1 unspecified atom stereocenters. The SMILES string of the molecule is C=CC1C[C@]1(NC(=O)[C@@H]1C[C@@H]2CN1C(=O)[C@H](C(C)(C)C)NC(=O)OC[C@H](C)C/C=C/c1cc3c(nccc3cc1OC)O2)C(=O)NS(=O)(=O)C1CC1. The van der Waals surface area contributed by atoms with E-state index in [1.165, 1.54) is 11.0 Å². The second kappa shape index (κ2) is 14.1. The molecule has 1 aromatic heterocycles. The number of methoxy groups -OCH3 is 1. The van der Waals surface area contributed by atoms with E-state index in [2.05, 4.69) is 26.9 Å². The van der Waals surface area contributed by atoms with E-state index in [-0.39, 0.29) is 31.9 Å². The molecule has 6 atom stereocenters. The zero-order valence-electron chi connectivity index (χ0n) is 30.1. The predicted octanol–water partition coefficient (Wildman–Crippen LogP) is 3.45. The third-order valence-electron chi connectivity index (χ3n) is 10.2. The van der Waals surface area contributed by atoms with Gasteiger partial charge in [0.15, 0.2) is 0 Å². The number of fused-ring (bicyclic) bond motifs is 3. The normalized spacial score (nSPS) is 28.8. The Bertz CT molecular complexity index is 1920. The number of carbonyl (C=O) groups is 4. The van der Waals surface area contributed by atoms with Crippen molar-refractivity contribution < 1.29 is 41.8 Å². The highest BCUT2D eigenvalue weighted by Gasteiger charge is 2.62. The summed E-state index contributed by atoms with van der Waals surface area (Å²) < 4.78 is 45.2. The molecule has 4 bridgehead atoms. The van der Waals surface area contributed by atoms with E-state index in [0.717, 1.165) is 10.9 Å². The van der Waals surface area contributed by atoms with Gasteiger partial charge in [0.25, 0.3) is 5.91 Å². The van der Waals surface area contributed by atoms with E-state index in [1.54, 1.807) is 34.1 Å². The summed E-state index contributed by atoms with van der Waals surface area (Å²) >= 11 is 0. The fraction of sp³-hybridized carbons (Fsp3) is 0.541. The number of alkyl carbamates (subject to hydrolysis) is 1. The third kappa shape index (κ3) is 7.59. The fourth-order valence-corrected chi connectivity index (χ4v) is 8.19. The highest BCUT2D eigenvalue weighted by Crippen LogP contribution is 2.45. The van der Waals surface area contributed by atoms with Crippen molar-refractivity contribution >= 4 is 50.7 Å². The number of amides is 4. The lowest BCUT2D eigenvalue weighted by molar-refractivity contribution is -0.142. The Morgan fingerprint density at radius 2 is 1.96 bits per heavy atom. The van der Waals surface area contributed by atoms with Crippen LogP contribution in [0.2, 0.25) is 0 Å². The molecule has 1 aromatic carbocycles. The van der Waals surface area contributed by atoms with Crippen molar-refractivity contribution in [2.24, 2.45) is 17.3 Å². The van der Waals surface area contributed by atoms with Crippen LogP contribution in [0.15, 0.2) is 43.1 Å². The lowest BCUT2D eigenvalue weighted by Gasteiger charge is -2.35. The maximum atomic E-state index is 14.5. The molecule has 4 amide bonds. The first-order valence-electron chi connectivity index (χ1n) is 17.6. The van der Waals surface area contributed by atoms with Crippen LogP contribution in [0.3, 0.4) is 0 Å². The molecule has 280 valence electrons. The zero-order chi connectivity index (χ0) is 37.6. The molecule has 52 heavy (non-hydrogen) atoms. The lowest BCUT2D eigenvalue weighted by atomic mass is 9.85. The van der Waals surface area contributed by atoms with Crippen LogP contribution in [-0.2, 0) is 29.1 Å². The minimum Gasteiger partial charge on any atom is -0.496 e. The number of benzene rings is 1. The number of nitrogens with zero attached hydrogens (tertiary/aromatic N) is 2. The van der Waals surface area contributed by atoms with E-state index >= 15 is 0 Å². The largest absolute Gasteiger partial charge is 0.496 e. The van der Waals surface area contributed by atoms with Crippen molar-refractivity contribution in [1.29, 1.82) is 0 Å². The zero-order valence-corrected chi connectivity index (χ0v) is 31.0. The number of ether oxygens (including phenoxy) is 3. The molecule has 0 radical (unpaired) electrons. The predicted molar refractivity (Wildman–Crippen MR) is 193 cm³/mol. The highest BCUT2D eigenvalue weighted by molar-refractivity contribution is 7.91. The maximum Gasteiger partial charge on any atom is 0.407 e. The van der Waals surface area contributed by atoms with Crippen molar-refractivity contribution in [2.45, 2.75) is 88.8 Å². The summed E-state index contributed by atoms with van der Waals surface area (Å²) in [4.78, 5) is 61.2. The maximum absolute atomic E-state index is 14.5. The Morgan fingerprint density at radius 3 is 2.62 bits per heavy atom. The number of pyridine rings is 1. The lowest BCUT2D eigenvalue weighted by Crippen LogP contribution is -2.60. The van der Waals surface area contributed by atoms with Gasteiger partial charge in [-0.15, -0.1) is 6.58 Å². The Kier molecular flexibility index (Phi) is 10.0. The van der Waals surface area contributed by atoms with Gasteiger partial charge in [0.2, 0.25) is 27.7 Å². The quantitative estimate of drug-likeness (QED) is 0.356. The van der Waals surface area contributed by atoms with Crippen LogP contribution in [0.1, 0.15) is 65.4 Å². The van der Waals surface area contributed by atoms with E-state index in [9.17, 15) is 27.6 Å². The van der Waals surface area contributed by atoms with Crippen molar-refractivity contribution in [3.8, 4) is 11.6 Å². The van der Waals surface area contributed by atoms with Crippen LogP contribution in [0.25, 0.3) is 16.8 Å². The summed E-state index contributed by atoms with van der Waals surface area (Å²) in [5, 5.41) is 6.39. The number of hydrogen-bond acceptors (Lipinski definition) is 10. The van der Waals surface area contributed by atoms with Gasteiger partial charge in [-0.1, -0.05) is 45.9 Å². The second-order valence-electron chi connectivity index (χ2n) is 15.4. The number of carbonyl (C=O) groups excluding carboxylic acids is 4. The Morgan fingerprint density at radius 1 is 1.21 bits per heavy atom. The second-order valence-corrected chi connectivity index (χ2v) is 17.3. The van der Waals surface area contributed by atoms with E-state index in [0.29, 0.717) is 36.3 Å². The summed E-state index contributed by atoms with van der Waals surface area (Å²) in [6.45, 7) is 11.1. The first kappa shape index (κ1) is 37.1. The van der Waals surface area contributed by atoms with Crippen LogP contribution < -0.4 is 24.8 Å². The summed E-state index contributed by atoms with van der Waals surface area (Å²) in [6, 6.07) is 3.37. The number of aromatic nitrogens is 1. The first-order valence-corrected chi connectivity index (χ1v) is 19.1. The van der Waals surface area contributed by atoms with Crippen LogP contribution >= 0.6 is 0 Å². The number of sulfonamides is 1. The molecular formula is C37H47N5O9S. The summed E-state index contributed by atoms with van der Waals surface area (Å²) in [5.74, 6) is -1.68. The molecule has 3 heterocycles. The number of nitrogens with one attached hydrogen (secondary N) is 3. The van der Waals surface area contributed by atoms with Gasteiger partial charge in [-0.2, -0.15) is 0 Å². The topological polar surface area (TPSA) is 182 Å². The van der Waals surface area contributed by atoms with Gasteiger partial charge in [-0.25, -0.2) is 18.2 Å². The van der Waals surface area contributed by atoms with Crippen LogP contribution in [-0.4, -0.2) is 91.4 Å². The summed E-state index contributed by atoms with van der Waals surface area (Å²) in [7, 11) is -2.31. The van der Waals surface area contributed by atoms with Crippen molar-refractivity contribution in [1.82, 2.24) is 25.2 Å². The molecule has 6 rings (SSSR count). The standard InChI is InChI=1S/C37H47N5O9S/c1-7-24-18-37(24,34(45)41-52(47,48)26-11-12-26)40-31(43)28-17-25-19-42(28)33(44)30(36(3,4)5)39-35(46)50-20-21(2)9-8-10-23-15-27-22(16-29(23)49-6)13-14-38-32(27)51-25/h7-8,10,13-16,21,24-26,28,30H,1,9,11-12,17-20H2,2-6H3,(H,39,46)(H,40,43)(H,41,45)/b10-8+/t21-,24?,25-,28+,30-,37-/m1/s1. The monoisotopic (exact) mass is 737 g/mol. The highest BCUT2D eigenvalue weighted by atomic mass is 32.2. The van der Waals surface area contributed by atoms with Crippen molar-refractivity contribution in [3.63, 3.8) is 0 Å². The van der Waals surface area contributed by atoms with Crippen LogP contribution in [0.5, 0.6) is 11.6 Å². The van der Waals surface area contributed by atoms with Crippen LogP contribution in [0.4, 0.5) is 4.79 Å². The van der Waals surface area contributed by atoms with Crippen molar-refractivity contribution in [3.05, 3.63) is 48.7 Å². The molecule has 2 aliphatic heterocycles. The van der Waals surface area contributed by atoms with E-state index in [1.807, 2.05) is 37.3 Å². The minimum atomic E-state index is -3.90. The summed E-state index contributed by atoms with van der Waals surface area (Å²) in [6.07, 6.45) is 7.19. The third-order valence-corrected chi connectivity index (χ3v) is 12.0. The molecule has 3 N–H and O–H groups in total. The smallest absolute Gasteiger partial charge is 0.407 e. The Labute approximate surface area is 303 Å². The molecule has 2 saturated carbocycles. The average Bonchev–Trinajstić information content (AvgIpc) is 4.02. The van der Waals surface area contributed by atoms with Gasteiger partial charge in [-0.05, 0) is 60.6 Å². The first-order chi connectivity index (χ1) is 24.6. The summed E-state index contributed by atoms with van der Waals surface area (Å²) in [5.41, 5.74) is -1.58. The van der Waals surface area contributed by atoms with E-state index in [4.69, 9.17) is 14.2 Å². The molecule has 15 heteroatoms. The molecular weight excluding hydrogens is 691 g/mol. The fourth-order valence-electron chi connectivity index (χ4n) is 6.83. The Balaban J connectivity index is 1.36. The van der Waals surface area contributed by atoms with Gasteiger partial charge < -0.3 is 29.7 Å².